The quantitative estimate of drug-likeness (QED) is 0.583. The maximum atomic E-state index is 12.2. The van der Waals surface area contributed by atoms with Gasteiger partial charge in [0, 0.05) is 18.1 Å². The number of aryl methyl sites for hydroxylation is 2. The van der Waals surface area contributed by atoms with E-state index in [2.05, 4.69) is 16.6 Å². The monoisotopic (exact) mass is 313 g/mol. The standard InChI is InChI=1S/C11H15N3.C8H9F/c1-5-9(3)13-11(6-2)14-8-7-12-10(14)4;1-2-7-3-5-8(9)6-4-7/h5-8H,2H2,1,3-4H3;3-6H,2H2,1H3/b9-5-,13-11?;. The fraction of sp³-hybridized carbons (Fsp3) is 0.263. The zero-order valence-electron chi connectivity index (χ0n) is 14.3. The number of nitrogens with zero attached hydrogens (tertiary/aromatic N) is 3. The van der Waals surface area contributed by atoms with Gasteiger partial charge < -0.3 is 0 Å². The molecule has 3 nitrogen and oxygen atoms in total. The van der Waals surface area contributed by atoms with Crippen LogP contribution < -0.4 is 0 Å². The molecule has 2 aromatic rings. The molecule has 0 N–H and O–H groups in total. The minimum absolute atomic E-state index is 0.160. The van der Waals surface area contributed by atoms with Crippen LogP contribution in [0.15, 0.2) is 66.1 Å². The lowest BCUT2D eigenvalue weighted by Gasteiger charge is -2.04. The summed E-state index contributed by atoms with van der Waals surface area (Å²) >= 11 is 0. The molecule has 4 heteroatoms. The third-order valence-electron chi connectivity index (χ3n) is 3.29. The summed E-state index contributed by atoms with van der Waals surface area (Å²) in [6.07, 6.45) is 8.27. The van der Waals surface area contributed by atoms with Crippen LogP contribution in [0, 0.1) is 12.7 Å². The van der Waals surface area contributed by atoms with Gasteiger partial charge in [0.15, 0.2) is 0 Å². The summed E-state index contributed by atoms with van der Waals surface area (Å²) in [6, 6.07) is 6.57. The van der Waals surface area contributed by atoms with Crippen molar-refractivity contribution in [1.29, 1.82) is 0 Å². The third-order valence-corrected chi connectivity index (χ3v) is 3.29. The first kappa shape index (κ1) is 18.6. The molecule has 2 rings (SSSR count). The summed E-state index contributed by atoms with van der Waals surface area (Å²) in [5.74, 6) is 1.55. The Morgan fingerprint density at radius 3 is 2.43 bits per heavy atom. The van der Waals surface area contributed by atoms with Crippen LogP contribution in [0.4, 0.5) is 4.39 Å². The van der Waals surface area contributed by atoms with E-state index in [0.717, 1.165) is 23.8 Å². The second-order valence-corrected chi connectivity index (χ2v) is 4.93. The normalized spacial score (nSPS) is 11.7. The first-order valence-electron chi connectivity index (χ1n) is 7.60. The molecular weight excluding hydrogens is 289 g/mol. The van der Waals surface area contributed by atoms with Gasteiger partial charge in [-0.05, 0) is 51.0 Å². The molecule has 0 unspecified atom stereocenters. The van der Waals surface area contributed by atoms with Crippen molar-refractivity contribution in [2.75, 3.05) is 0 Å². The number of benzene rings is 1. The van der Waals surface area contributed by atoms with Gasteiger partial charge in [-0.3, -0.25) is 4.57 Å². The molecule has 1 aromatic carbocycles. The Bertz CT molecular complexity index is 679. The molecule has 0 aliphatic heterocycles. The lowest BCUT2D eigenvalue weighted by Crippen LogP contribution is -2.09. The van der Waals surface area contributed by atoms with Crippen molar-refractivity contribution < 1.29 is 4.39 Å². The van der Waals surface area contributed by atoms with Gasteiger partial charge in [0.1, 0.15) is 17.5 Å². The highest BCUT2D eigenvalue weighted by Crippen LogP contribution is 2.02. The van der Waals surface area contributed by atoms with Crippen LogP contribution in [-0.2, 0) is 6.42 Å². The van der Waals surface area contributed by atoms with Gasteiger partial charge in [0.2, 0.25) is 0 Å². The van der Waals surface area contributed by atoms with E-state index in [0.29, 0.717) is 0 Å². The summed E-state index contributed by atoms with van der Waals surface area (Å²) in [7, 11) is 0. The van der Waals surface area contributed by atoms with Crippen molar-refractivity contribution in [3.05, 3.63) is 78.3 Å². The zero-order chi connectivity index (χ0) is 17.2. The molecule has 0 fully saturated rings. The van der Waals surface area contributed by atoms with Crippen molar-refractivity contribution >= 4 is 5.84 Å². The van der Waals surface area contributed by atoms with Crippen molar-refractivity contribution in [3.63, 3.8) is 0 Å². The maximum absolute atomic E-state index is 12.2. The predicted molar refractivity (Wildman–Crippen MR) is 95.2 cm³/mol. The highest BCUT2D eigenvalue weighted by molar-refractivity contribution is 5.95. The molecule has 1 heterocycles. The highest BCUT2D eigenvalue weighted by atomic mass is 19.1. The topological polar surface area (TPSA) is 30.2 Å². The molecule has 0 saturated heterocycles. The Hall–Kier alpha value is -2.49. The molecule has 1 aromatic heterocycles. The summed E-state index contributed by atoms with van der Waals surface area (Å²) in [5.41, 5.74) is 2.14. The second-order valence-electron chi connectivity index (χ2n) is 4.93. The van der Waals surface area contributed by atoms with Gasteiger partial charge in [0.25, 0.3) is 0 Å². The van der Waals surface area contributed by atoms with Crippen LogP contribution >= 0.6 is 0 Å². The van der Waals surface area contributed by atoms with Crippen LogP contribution in [0.5, 0.6) is 0 Å². The molecule has 0 aliphatic carbocycles. The number of allylic oxidation sites excluding steroid dienone is 3. The number of hydrogen-bond acceptors (Lipinski definition) is 2. The minimum Gasteiger partial charge on any atom is -0.288 e. The molecule has 0 saturated carbocycles. The lowest BCUT2D eigenvalue weighted by molar-refractivity contribution is 0.627. The van der Waals surface area contributed by atoms with Crippen molar-refractivity contribution in [2.45, 2.75) is 34.1 Å². The molecule has 0 bridgehead atoms. The van der Waals surface area contributed by atoms with Gasteiger partial charge in [-0.25, -0.2) is 14.4 Å². The van der Waals surface area contributed by atoms with E-state index >= 15 is 0 Å². The Balaban J connectivity index is 0.000000253. The second kappa shape index (κ2) is 9.51. The van der Waals surface area contributed by atoms with E-state index in [1.807, 2.05) is 44.5 Å². The largest absolute Gasteiger partial charge is 0.288 e. The average Bonchev–Trinajstić information content (AvgIpc) is 2.99. The van der Waals surface area contributed by atoms with E-state index in [-0.39, 0.29) is 5.82 Å². The summed E-state index contributed by atoms with van der Waals surface area (Å²) in [4.78, 5) is 8.53. The van der Waals surface area contributed by atoms with Crippen LogP contribution in [0.25, 0.3) is 0 Å². The van der Waals surface area contributed by atoms with Crippen molar-refractivity contribution in [1.82, 2.24) is 9.55 Å². The fourth-order valence-corrected chi connectivity index (χ4v) is 1.78. The maximum Gasteiger partial charge on any atom is 0.137 e. The Morgan fingerprint density at radius 1 is 1.35 bits per heavy atom. The smallest absolute Gasteiger partial charge is 0.137 e. The summed E-state index contributed by atoms with van der Waals surface area (Å²) in [6.45, 7) is 11.6. The van der Waals surface area contributed by atoms with Crippen LogP contribution in [-0.4, -0.2) is 15.4 Å². The van der Waals surface area contributed by atoms with Gasteiger partial charge in [-0.1, -0.05) is 31.7 Å². The molecule has 0 radical (unpaired) electrons. The van der Waals surface area contributed by atoms with E-state index in [1.54, 1.807) is 24.4 Å². The Morgan fingerprint density at radius 2 is 2.00 bits per heavy atom. The Labute approximate surface area is 137 Å². The predicted octanol–water partition coefficient (Wildman–Crippen LogP) is 4.94. The van der Waals surface area contributed by atoms with Crippen LogP contribution in [0.2, 0.25) is 0 Å². The van der Waals surface area contributed by atoms with Gasteiger partial charge in [-0.15, -0.1) is 0 Å². The molecule has 23 heavy (non-hydrogen) atoms. The molecule has 0 amide bonds. The number of halogens is 1. The van der Waals surface area contributed by atoms with Crippen molar-refractivity contribution in [3.8, 4) is 0 Å². The average molecular weight is 313 g/mol. The number of aromatic nitrogens is 2. The number of hydrogen-bond donors (Lipinski definition) is 0. The minimum atomic E-state index is -0.160. The number of imidazole rings is 1. The van der Waals surface area contributed by atoms with Crippen LogP contribution in [0.1, 0.15) is 32.2 Å². The van der Waals surface area contributed by atoms with Gasteiger partial charge >= 0.3 is 0 Å². The number of aliphatic imine (C=N–C) groups is 1. The van der Waals surface area contributed by atoms with Gasteiger partial charge in [0.05, 0.1) is 0 Å². The molecule has 122 valence electrons. The zero-order valence-corrected chi connectivity index (χ0v) is 14.3. The van der Waals surface area contributed by atoms with Crippen LogP contribution in [0.3, 0.4) is 0 Å². The molecule has 0 aliphatic rings. The highest BCUT2D eigenvalue weighted by Gasteiger charge is 2.00. The summed E-state index contributed by atoms with van der Waals surface area (Å²) in [5, 5.41) is 0. The first-order valence-corrected chi connectivity index (χ1v) is 7.60. The van der Waals surface area contributed by atoms with E-state index < -0.39 is 0 Å². The molecular formula is C19H24FN3. The van der Waals surface area contributed by atoms with E-state index in [1.165, 1.54) is 17.7 Å². The number of rotatable bonds is 3. The van der Waals surface area contributed by atoms with Gasteiger partial charge in [-0.2, -0.15) is 0 Å². The summed E-state index contributed by atoms with van der Waals surface area (Å²) < 4.78 is 14.1. The van der Waals surface area contributed by atoms with E-state index in [4.69, 9.17) is 0 Å². The third kappa shape index (κ3) is 6.02. The fourth-order valence-electron chi connectivity index (χ4n) is 1.78. The van der Waals surface area contributed by atoms with E-state index in [9.17, 15) is 4.39 Å². The van der Waals surface area contributed by atoms with Crippen molar-refractivity contribution in [2.24, 2.45) is 4.99 Å². The first-order chi connectivity index (χ1) is 11.0. The molecule has 0 atom stereocenters. The SMILES string of the molecule is C=CC(=N/C(C)=C\C)n1ccnc1C.CCc1ccc(F)cc1. The lowest BCUT2D eigenvalue weighted by atomic mass is 10.2. The molecule has 0 spiro atoms. The Kier molecular flexibility index (Phi) is 7.67.